The molecule has 0 spiro atoms. The lowest BCUT2D eigenvalue weighted by atomic mass is 10.1. The molecule has 2 aromatic rings. The molecule has 0 heterocycles. The predicted octanol–water partition coefficient (Wildman–Crippen LogP) is 3.09. The molecule has 2 aromatic carbocycles. The van der Waals surface area contributed by atoms with Crippen LogP contribution in [0, 0.1) is 5.82 Å². The van der Waals surface area contributed by atoms with Crippen molar-refractivity contribution in [2.75, 3.05) is 24.2 Å². The van der Waals surface area contributed by atoms with Crippen LogP contribution in [0.3, 0.4) is 0 Å². The first-order chi connectivity index (χ1) is 8.68. The second kappa shape index (κ2) is 5.54. The van der Waals surface area contributed by atoms with E-state index in [9.17, 15) is 4.39 Å². The molecular weight excluding hydrogens is 227 g/mol. The van der Waals surface area contributed by atoms with Crippen LogP contribution in [-0.2, 0) is 6.42 Å². The van der Waals surface area contributed by atoms with E-state index in [-0.39, 0.29) is 5.82 Å². The minimum atomic E-state index is -0.273. The van der Waals surface area contributed by atoms with Crippen LogP contribution >= 0.6 is 0 Å². The van der Waals surface area contributed by atoms with Gasteiger partial charge in [0.05, 0.1) is 11.4 Å². The normalized spacial score (nSPS) is 10.3. The molecule has 0 amide bonds. The van der Waals surface area contributed by atoms with E-state index in [4.69, 9.17) is 5.73 Å². The third kappa shape index (κ3) is 2.80. The van der Waals surface area contributed by atoms with Crippen LogP contribution in [0.25, 0.3) is 0 Å². The topological polar surface area (TPSA) is 29.3 Å². The van der Waals surface area contributed by atoms with Crippen LogP contribution < -0.4 is 10.6 Å². The van der Waals surface area contributed by atoms with Crippen molar-refractivity contribution >= 4 is 11.4 Å². The number of hydrogen-bond acceptors (Lipinski definition) is 2. The van der Waals surface area contributed by atoms with E-state index in [2.05, 4.69) is 12.1 Å². The van der Waals surface area contributed by atoms with Gasteiger partial charge in [0.25, 0.3) is 0 Å². The second-order valence-electron chi connectivity index (χ2n) is 4.33. The molecule has 0 aromatic heterocycles. The van der Waals surface area contributed by atoms with Crippen LogP contribution in [0.15, 0.2) is 48.5 Å². The Kier molecular flexibility index (Phi) is 3.82. The van der Waals surface area contributed by atoms with Gasteiger partial charge in [0.2, 0.25) is 0 Å². The van der Waals surface area contributed by atoms with Crippen LogP contribution in [0.2, 0.25) is 0 Å². The van der Waals surface area contributed by atoms with Gasteiger partial charge in [0.1, 0.15) is 5.82 Å². The fourth-order valence-electron chi connectivity index (χ4n) is 1.99. The lowest BCUT2D eigenvalue weighted by Gasteiger charge is -2.21. The first-order valence-electron chi connectivity index (χ1n) is 5.97. The highest BCUT2D eigenvalue weighted by atomic mass is 19.1. The van der Waals surface area contributed by atoms with Gasteiger partial charge in [0, 0.05) is 13.6 Å². The molecule has 0 unspecified atom stereocenters. The number of likely N-dealkylation sites (N-methyl/N-ethyl adjacent to an activating group) is 1. The number of rotatable bonds is 4. The molecule has 0 radical (unpaired) electrons. The zero-order valence-corrected chi connectivity index (χ0v) is 10.4. The van der Waals surface area contributed by atoms with Crippen molar-refractivity contribution in [1.29, 1.82) is 0 Å². The van der Waals surface area contributed by atoms with Gasteiger partial charge >= 0.3 is 0 Å². The summed E-state index contributed by atoms with van der Waals surface area (Å²) in [7, 11) is 1.86. The van der Waals surface area contributed by atoms with Gasteiger partial charge in [0.15, 0.2) is 0 Å². The molecular formula is C15H17FN2. The molecule has 3 heteroatoms. The highest BCUT2D eigenvalue weighted by Crippen LogP contribution is 2.25. The number of nitrogens with zero attached hydrogens (tertiary/aromatic N) is 1. The van der Waals surface area contributed by atoms with Gasteiger partial charge in [-0.1, -0.05) is 36.4 Å². The number of halogens is 1. The maximum atomic E-state index is 13.7. The maximum Gasteiger partial charge on any atom is 0.148 e. The SMILES string of the molecule is CN(CCc1ccccc1)c1c(N)cccc1F. The number of benzene rings is 2. The Bertz CT molecular complexity index is 491. The van der Waals surface area contributed by atoms with E-state index in [1.54, 1.807) is 12.1 Å². The average Bonchev–Trinajstić information content (AvgIpc) is 2.37. The number of nitrogen functional groups attached to an aromatic ring is 1. The minimum absolute atomic E-state index is 0.273. The van der Waals surface area contributed by atoms with Crippen molar-refractivity contribution in [3.63, 3.8) is 0 Å². The Balaban J connectivity index is 2.06. The molecule has 0 bridgehead atoms. The molecule has 2 nitrogen and oxygen atoms in total. The van der Waals surface area contributed by atoms with E-state index in [0.29, 0.717) is 11.4 Å². The summed E-state index contributed by atoms with van der Waals surface area (Å²) in [6.07, 6.45) is 0.866. The highest BCUT2D eigenvalue weighted by Gasteiger charge is 2.10. The van der Waals surface area contributed by atoms with Gasteiger partial charge in [-0.25, -0.2) is 4.39 Å². The minimum Gasteiger partial charge on any atom is -0.397 e. The summed E-state index contributed by atoms with van der Waals surface area (Å²) in [4.78, 5) is 1.86. The summed E-state index contributed by atoms with van der Waals surface area (Å²) in [5, 5.41) is 0. The Hall–Kier alpha value is -2.03. The van der Waals surface area contributed by atoms with Crippen molar-refractivity contribution in [3.8, 4) is 0 Å². The lowest BCUT2D eigenvalue weighted by molar-refractivity contribution is 0.623. The smallest absolute Gasteiger partial charge is 0.148 e. The van der Waals surface area contributed by atoms with Crippen molar-refractivity contribution in [1.82, 2.24) is 0 Å². The predicted molar refractivity (Wildman–Crippen MR) is 74.2 cm³/mol. The second-order valence-corrected chi connectivity index (χ2v) is 4.33. The number of nitrogens with two attached hydrogens (primary N) is 1. The Morgan fingerprint density at radius 3 is 2.44 bits per heavy atom. The van der Waals surface area contributed by atoms with E-state index < -0.39 is 0 Å². The Morgan fingerprint density at radius 2 is 1.78 bits per heavy atom. The quantitative estimate of drug-likeness (QED) is 0.837. The molecule has 0 atom stereocenters. The Labute approximate surface area is 107 Å². The van der Waals surface area contributed by atoms with Crippen molar-refractivity contribution in [3.05, 3.63) is 59.9 Å². The summed E-state index contributed by atoms with van der Waals surface area (Å²) in [6, 6.07) is 14.9. The number of hydrogen-bond donors (Lipinski definition) is 1. The molecule has 94 valence electrons. The van der Waals surface area contributed by atoms with E-state index in [1.165, 1.54) is 11.6 Å². The molecule has 0 aliphatic carbocycles. The van der Waals surface area contributed by atoms with Crippen molar-refractivity contribution < 1.29 is 4.39 Å². The standard InChI is InChI=1S/C15H17FN2/c1-18(11-10-12-6-3-2-4-7-12)15-13(16)8-5-9-14(15)17/h2-9H,10-11,17H2,1H3. The summed E-state index contributed by atoms with van der Waals surface area (Å²) in [6.45, 7) is 0.731. The van der Waals surface area contributed by atoms with Gasteiger partial charge in [-0.2, -0.15) is 0 Å². The van der Waals surface area contributed by atoms with Crippen LogP contribution in [0.1, 0.15) is 5.56 Å². The van der Waals surface area contributed by atoms with Gasteiger partial charge in [-0.3, -0.25) is 0 Å². The summed E-state index contributed by atoms with van der Waals surface area (Å²) in [5.41, 5.74) is 8.00. The molecule has 0 saturated heterocycles. The number of para-hydroxylation sites is 1. The zero-order valence-electron chi connectivity index (χ0n) is 10.4. The summed E-state index contributed by atoms with van der Waals surface area (Å²) >= 11 is 0. The van der Waals surface area contributed by atoms with Crippen LogP contribution in [0.4, 0.5) is 15.8 Å². The average molecular weight is 244 g/mol. The Morgan fingerprint density at radius 1 is 1.06 bits per heavy atom. The van der Waals surface area contributed by atoms with E-state index in [0.717, 1.165) is 13.0 Å². The van der Waals surface area contributed by atoms with E-state index >= 15 is 0 Å². The van der Waals surface area contributed by atoms with Gasteiger partial charge < -0.3 is 10.6 Å². The highest BCUT2D eigenvalue weighted by molar-refractivity contribution is 5.67. The van der Waals surface area contributed by atoms with Gasteiger partial charge in [-0.15, -0.1) is 0 Å². The molecule has 2 N–H and O–H groups in total. The fourth-order valence-corrected chi connectivity index (χ4v) is 1.99. The third-order valence-electron chi connectivity index (χ3n) is 2.98. The van der Waals surface area contributed by atoms with Crippen LogP contribution in [0.5, 0.6) is 0 Å². The molecule has 0 fully saturated rings. The third-order valence-corrected chi connectivity index (χ3v) is 2.98. The first-order valence-corrected chi connectivity index (χ1v) is 5.97. The van der Waals surface area contributed by atoms with Gasteiger partial charge in [-0.05, 0) is 24.1 Å². The maximum absolute atomic E-state index is 13.7. The monoisotopic (exact) mass is 244 g/mol. The molecule has 2 rings (SSSR count). The number of anilines is 2. The molecule has 0 aliphatic rings. The molecule has 18 heavy (non-hydrogen) atoms. The van der Waals surface area contributed by atoms with Crippen LogP contribution in [-0.4, -0.2) is 13.6 Å². The first kappa shape index (κ1) is 12.4. The summed E-state index contributed by atoms with van der Waals surface area (Å²) in [5.74, 6) is -0.273. The largest absolute Gasteiger partial charge is 0.397 e. The van der Waals surface area contributed by atoms with Crippen molar-refractivity contribution in [2.24, 2.45) is 0 Å². The zero-order chi connectivity index (χ0) is 13.0. The van der Waals surface area contributed by atoms with E-state index in [1.807, 2.05) is 30.1 Å². The molecule has 0 aliphatic heterocycles. The summed E-state index contributed by atoms with van der Waals surface area (Å²) < 4.78 is 13.7. The fraction of sp³-hybridized carbons (Fsp3) is 0.200. The molecule has 0 saturated carbocycles. The van der Waals surface area contributed by atoms with Crippen molar-refractivity contribution in [2.45, 2.75) is 6.42 Å². The lowest BCUT2D eigenvalue weighted by Crippen LogP contribution is -2.22.